The Labute approximate surface area is 269 Å². The SMILES string of the molecule is O=C(NCCc1ccc(Br)cc1)[C@]1(Cc2ccccc2)N=C(c2ccc(OCCCO)cc2)O[C@@H]1c1ccc(Cl)cc1Cl. The first-order chi connectivity index (χ1) is 20.9. The number of aliphatic hydroxyl groups is 1. The summed E-state index contributed by atoms with van der Waals surface area (Å²) in [5, 5.41) is 13.1. The Morgan fingerprint density at radius 1 is 0.977 bits per heavy atom. The van der Waals surface area contributed by atoms with Crippen molar-refractivity contribution in [1.82, 2.24) is 5.32 Å². The Hall–Kier alpha value is -3.36. The van der Waals surface area contributed by atoms with Crippen molar-refractivity contribution in [2.75, 3.05) is 19.8 Å². The highest BCUT2D eigenvalue weighted by atomic mass is 79.9. The highest BCUT2D eigenvalue weighted by molar-refractivity contribution is 9.10. The molecule has 1 aliphatic heterocycles. The zero-order valence-electron chi connectivity index (χ0n) is 23.3. The Morgan fingerprint density at radius 2 is 1.72 bits per heavy atom. The second-order valence-electron chi connectivity index (χ2n) is 10.2. The lowest BCUT2D eigenvalue weighted by molar-refractivity contribution is -0.128. The van der Waals surface area contributed by atoms with Crippen molar-refractivity contribution in [3.8, 4) is 5.75 Å². The molecule has 1 amide bonds. The molecule has 0 aliphatic carbocycles. The molecule has 0 bridgehead atoms. The van der Waals surface area contributed by atoms with E-state index in [-0.39, 0.29) is 18.9 Å². The molecule has 0 aromatic heterocycles. The molecule has 0 saturated heterocycles. The molecule has 5 rings (SSSR count). The Balaban J connectivity index is 1.52. The molecule has 4 aromatic carbocycles. The summed E-state index contributed by atoms with van der Waals surface area (Å²) in [7, 11) is 0. The summed E-state index contributed by atoms with van der Waals surface area (Å²) >= 11 is 16.4. The minimum absolute atomic E-state index is 0.0616. The molecule has 4 aromatic rings. The lowest BCUT2D eigenvalue weighted by atomic mass is 9.82. The third-order valence-electron chi connectivity index (χ3n) is 7.20. The van der Waals surface area contributed by atoms with E-state index in [1.807, 2.05) is 78.9 Å². The number of ether oxygens (including phenoxy) is 2. The zero-order chi connectivity index (χ0) is 30.2. The number of carbonyl (C=O) groups is 1. The summed E-state index contributed by atoms with van der Waals surface area (Å²) < 4.78 is 13.3. The van der Waals surface area contributed by atoms with Gasteiger partial charge >= 0.3 is 0 Å². The minimum Gasteiger partial charge on any atom is -0.494 e. The molecule has 1 aliphatic rings. The summed E-state index contributed by atoms with van der Waals surface area (Å²) in [5.41, 5.74) is 1.99. The van der Waals surface area contributed by atoms with Crippen molar-refractivity contribution >= 4 is 50.9 Å². The first-order valence-electron chi connectivity index (χ1n) is 14.0. The fraction of sp³-hybridized carbons (Fsp3) is 0.235. The van der Waals surface area contributed by atoms with Gasteiger partial charge < -0.3 is 19.9 Å². The second kappa shape index (κ2) is 14.4. The molecule has 1 heterocycles. The predicted molar refractivity (Wildman–Crippen MR) is 174 cm³/mol. The van der Waals surface area contributed by atoms with Crippen LogP contribution in [0.2, 0.25) is 10.0 Å². The third kappa shape index (κ3) is 7.60. The van der Waals surface area contributed by atoms with Gasteiger partial charge in [0.2, 0.25) is 5.90 Å². The van der Waals surface area contributed by atoms with Crippen molar-refractivity contribution in [3.05, 3.63) is 134 Å². The lowest BCUT2D eigenvalue weighted by Gasteiger charge is -2.31. The highest BCUT2D eigenvalue weighted by Crippen LogP contribution is 2.45. The van der Waals surface area contributed by atoms with E-state index in [9.17, 15) is 4.79 Å². The molecular formula is C34H31BrCl2N2O4. The number of hydrogen-bond donors (Lipinski definition) is 2. The summed E-state index contributed by atoms with van der Waals surface area (Å²) in [6.45, 7) is 0.889. The van der Waals surface area contributed by atoms with Gasteiger partial charge in [-0.3, -0.25) is 4.79 Å². The van der Waals surface area contributed by atoms with E-state index < -0.39 is 11.6 Å². The van der Waals surface area contributed by atoms with Crippen LogP contribution in [-0.4, -0.2) is 42.2 Å². The first kappa shape index (κ1) is 31.1. The lowest BCUT2D eigenvalue weighted by Crippen LogP contribution is -2.50. The average Bonchev–Trinajstić information content (AvgIpc) is 3.39. The number of halogens is 3. The van der Waals surface area contributed by atoms with Gasteiger partial charge in [0.15, 0.2) is 11.6 Å². The van der Waals surface area contributed by atoms with Crippen LogP contribution in [0.15, 0.2) is 107 Å². The number of hydrogen-bond acceptors (Lipinski definition) is 5. The fourth-order valence-electron chi connectivity index (χ4n) is 5.00. The normalized spacial score (nSPS) is 17.7. The van der Waals surface area contributed by atoms with Crippen molar-refractivity contribution < 1.29 is 19.4 Å². The van der Waals surface area contributed by atoms with Crippen LogP contribution < -0.4 is 10.1 Å². The molecule has 9 heteroatoms. The maximum Gasteiger partial charge on any atom is 0.252 e. The molecule has 0 fully saturated rings. The van der Waals surface area contributed by atoms with Gasteiger partial charge in [-0.1, -0.05) is 87.7 Å². The van der Waals surface area contributed by atoms with Gasteiger partial charge in [0.05, 0.1) is 6.61 Å². The number of benzene rings is 4. The predicted octanol–water partition coefficient (Wildman–Crippen LogP) is 7.38. The molecule has 6 nitrogen and oxygen atoms in total. The summed E-state index contributed by atoms with van der Waals surface area (Å²) in [6, 6.07) is 30.3. The smallest absolute Gasteiger partial charge is 0.252 e. The standard InChI is InChI=1S/C34H31BrCl2N2O4/c35-26-11-7-23(8-12-26)17-18-38-33(41)34(22-24-5-2-1-3-6-24)31(29-16-13-27(36)21-30(29)37)43-32(39-34)25-9-14-28(15-10-25)42-20-4-19-40/h1-3,5-16,21,31,40H,4,17-20,22H2,(H,38,41)/t31-,34-/m1/s1. The Bertz CT molecular complexity index is 1570. The van der Waals surface area contributed by atoms with Gasteiger partial charge in [-0.15, -0.1) is 0 Å². The van der Waals surface area contributed by atoms with Crippen LogP contribution >= 0.6 is 39.1 Å². The number of nitrogens with one attached hydrogen (secondary N) is 1. The largest absolute Gasteiger partial charge is 0.494 e. The zero-order valence-corrected chi connectivity index (χ0v) is 26.4. The highest BCUT2D eigenvalue weighted by Gasteiger charge is 2.53. The molecule has 0 saturated carbocycles. The van der Waals surface area contributed by atoms with Crippen LogP contribution in [0.4, 0.5) is 0 Å². The maximum absolute atomic E-state index is 14.3. The molecule has 0 radical (unpaired) electrons. The van der Waals surface area contributed by atoms with Gasteiger partial charge in [0, 0.05) is 51.6 Å². The molecule has 43 heavy (non-hydrogen) atoms. The number of nitrogens with zero attached hydrogens (tertiary/aromatic N) is 1. The number of amides is 1. The van der Waals surface area contributed by atoms with Crippen molar-refractivity contribution in [2.45, 2.75) is 30.9 Å². The fourth-order valence-corrected chi connectivity index (χ4v) is 5.78. The minimum atomic E-state index is -1.36. The van der Waals surface area contributed by atoms with Gasteiger partial charge in [-0.05, 0) is 66.1 Å². The molecule has 222 valence electrons. The van der Waals surface area contributed by atoms with E-state index in [0.29, 0.717) is 58.8 Å². The van der Waals surface area contributed by atoms with E-state index in [1.54, 1.807) is 18.2 Å². The van der Waals surface area contributed by atoms with E-state index in [0.717, 1.165) is 15.6 Å². The third-order valence-corrected chi connectivity index (χ3v) is 8.29. The van der Waals surface area contributed by atoms with Crippen LogP contribution in [0.3, 0.4) is 0 Å². The van der Waals surface area contributed by atoms with Gasteiger partial charge in [-0.25, -0.2) is 4.99 Å². The second-order valence-corrected chi connectivity index (χ2v) is 12.0. The summed E-state index contributed by atoms with van der Waals surface area (Å²) in [6.07, 6.45) is 0.663. The van der Waals surface area contributed by atoms with Gasteiger partial charge in [0.1, 0.15) is 5.75 Å². The molecular weight excluding hydrogens is 651 g/mol. The number of aliphatic imine (C=N–C) groups is 1. The van der Waals surface area contributed by atoms with Gasteiger partial charge in [-0.2, -0.15) is 0 Å². The Morgan fingerprint density at radius 3 is 2.42 bits per heavy atom. The molecule has 2 atom stereocenters. The van der Waals surface area contributed by atoms with E-state index in [4.69, 9.17) is 42.8 Å². The molecule has 0 unspecified atom stereocenters. The molecule has 0 spiro atoms. The molecule has 2 N–H and O–H groups in total. The number of aliphatic hydroxyl groups excluding tert-OH is 1. The van der Waals surface area contributed by atoms with E-state index in [2.05, 4.69) is 21.2 Å². The first-order valence-corrected chi connectivity index (χ1v) is 15.5. The topological polar surface area (TPSA) is 80.2 Å². The van der Waals surface area contributed by atoms with Crippen LogP contribution in [0.5, 0.6) is 5.75 Å². The number of rotatable bonds is 12. The maximum atomic E-state index is 14.3. The monoisotopic (exact) mass is 680 g/mol. The van der Waals surface area contributed by atoms with Crippen LogP contribution in [0, 0.1) is 0 Å². The van der Waals surface area contributed by atoms with Crippen LogP contribution in [0.25, 0.3) is 0 Å². The Kier molecular flexibility index (Phi) is 10.4. The van der Waals surface area contributed by atoms with Crippen LogP contribution in [-0.2, 0) is 22.4 Å². The summed E-state index contributed by atoms with van der Waals surface area (Å²) in [5.74, 6) is 0.731. The average molecular weight is 682 g/mol. The van der Waals surface area contributed by atoms with Crippen LogP contribution in [0.1, 0.15) is 34.8 Å². The summed E-state index contributed by atoms with van der Waals surface area (Å²) in [4.78, 5) is 19.4. The number of carbonyl (C=O) groups excluding carboxylic acids is 1. The quantitative estimate of drug-likeness (QED) is 0.153. The van der Waals surface area contributed by atoms with Crippen molar-refractivity contribution in [2.24, 2.45) is 4.99 Å². The van der Waals surface area contributed by atoms with Gasteiger partial charge in [0.25, 0.3) is 5.91 Å². The van der Waals surface area contributed by atoms with E-state index >= 15 is 0 Å². The van der Waals surface area contributed by atoms with Crippen molar-refractivity contribution in [1.29, 1.82) is 0 Å². The van der Waals surface area contributed by atoms with Crippen molar-refractivity contribution in [3.63, 3.8) is 0 Å². The van der Waals surface area contributed by atoms with E-state index in [1.165, 1.54) is 0 Å².